The predicted molar refractivity (Wildman–Crippen MR) is 130 cm³/mol. The number of thiazole rings is 1. The summed E-state index contributed by atoms with van der Waals surface area (Å²) in [6.45, 7) is 6.93. The minimum atomic E-state index is -3.91. The number of imidazole rings is 1. The molecule has 3 heterocycles. The van der Waals surface area contributed by atoms with Crippen LogP contribution in [0.2, 0.25) is 0 Å². The molecule has 0 saturated carbocycles. The summed E-state index contributed by atoms with van der Waals surface area (Å²) in [6.07, 6.45) is 0.386. The van der Waals surface area contributed by atoms with E-state index in [1.54, 1.807) is 17.0 Å². The first-order valence-corrected chi connectivity index (χ1v) is 13.2. The molecule has 172 valence electrons. The van der Waals surface area contributed by atoms with E-state index in [2.05, 4.69) is 14.7 Å². The quantitative estimate of drug-likeness (QED) is 0.451. The second-order valence-corrected chi connectivity index (χ2v) is 11.7. The van der Waals surface area contributed by atoms with Gasteiger partial charge in [-0.3, -0.25) is 9.69 Å². The number of benzene rings is 2. The Bertz CT molecular complexity index is 1470. The number of fused-ring (bicyclic) bond motifs is 4. The molecule has 0 fully saturated rings. The lowest BCUT2D eigenvalue weighted by Gasteiger charge is -2.24. The maximum absolute atomic E-state index is 13.6. The standard InChI is InChI=1S/C23H25N5O3S2/c1-14(2)12-19(26-33(30,31)16-8-9-18-21(13-16)32-15(3)24-18)22(29)28-11-10-27-20-7-5-4-6-17(20)25-23(27)28/h4-9,13-14,19,26H,10-12H2,1-3H3. The lowest BCUT2D eigenvalue weighted by Crippen LogP contribution is -2.49. The number of para-hydroxylation sites is 2. The van der Waals surface area contributed by atoms with Gasteiger partial charge in [0.15, 0.2) is 0 Å². The van der Waals surface area contributed by atoms with Crippen molar-refractivity contribution in [1.82, 2.24) is 19.3 Å². The van der Waals surface area contributed by atoms with Crippen LogP contribution in [-0.4, -0.2) is 41.4 Å². The van der Waals surface area contributed by atoms with Crippen LogP contribution in [0.25, 0.3) is 21.3 Å². The molecule has 0 saturated heterocycles. The number of nitrogens with zero attached hydrogens (tertiary/aromatic N) is 4. The number of rotatable bonds is 6. The zero-order valence-electron chi connectivity index (χ0n) is 18.6. The van der Waals surface area contributed by atoms with Gasteiger partial charge in [-0.15, -0.1) is 11.3 Å². The first-order valence-electron chi connectivity index (χ1n) is 10.9. The monoisotopic (exact) mass is 483 g/mol. The summed E-state index contributed by atoms with van der Waals surface area (Å²) in [7, 11) is -3.91. The summed E-state index contributed by atoms with van der Waals surface area (Å²) in [5, 5.41) is 0.872. The smallest absolute Gasteiger partial charge is 0.247 e. The topological polar surface area (TPSA) is 97.2 Å². The number of carbonyl (C=O) groups is 1. The first-order chi connectivity index (χ1) is 15.7. The van der Waals surface area contributed by atoms with Crippen LogP contribution in [0.5, 0.6) is 0 Å². The molecule has 1 atom stereocenters. The summed E-state index contributed by atoms with van der Waals surface area (Å²) in [5.74, 6) is 0.404. The Balaban J connectivity index is 1.45. The van der Waals surface area contributed by atoms with Gasteiger partial charge in [0.05, 0.1) is 31.2 Å². The van der Waals surface area contributed by atoms with Crippen molar-refractivity contribution in [2.24, 2.45) is 5.92 Å². The number of aromatic nitrogens is 3. The number of sulfonamides is 1. The Labute approximate surface area is 196 Å². The maximum Gasteiger partial charge on any atom is 0.247 e. The first kappa shape index (κ1) is 22.0. The molecule has 10 heteroatoms. The molecule has 0 radical (unpaired) electrons. The molecule has 0 bridgehead atoms. The number of aryl methyl sites for hydroxylation is 1. The largest absolute Gasteiger partial charge is 0.308 e. The van der Waals surface area contributed by atoms with Gasteiger partial charge in [0.2, 0.25) is 21.9 Å². The molecular weight excluding hydrogens is 458 g/mol. The van der Waals surface area contributed by atoms with Crippen LogP contribution >= 0.6 is 11.3 Å². The highest BCUT2D eigenvalue weighted by molar-refractivity contribution is 7.89. The van der Waals surface area contributed by atoms with Crippen LogP contribution in [0, 0.1) is 12.8 Å². The Morgan fingerprint density at radius 3 is 2.70 bits per heavy atom. The van der Waals surface area contributed by atoms with E-state index in [0.29, 0.717) is 25.5 Å². The molecule has 1 N–H and O–H groups in total. The van der Waals surface area contributed by atoms with Crippen LogP contribution in [0.15, 0.2) is 47.4 Å². The molecule has 4 aromatic rings. The van der Waals surface area contributed by atoms with E-state index in [9.17, 15) is 13.2 Å². The maximum atomic E-state index is 13.6. The van der Waals surface area contributed by atoms with E-state index >= 15 is 0 Å². The molecule has 2 aromatic carbocycles. The van der Waals surface area contributed by atoms with Gasteiger partial charge in [0.1, 0.15) is 6.04 Å². The fourth-order valence-corrected chi connectivity index (χ4v) is 6.47. The average Bonchev–Trinajstić information content (AvgIpc) is 3.43. The van der Waals surface area contributed by atoms with Crippen molar-refractivity contribution in [2.75, 3.05) is 11.4 Å². The van der Waals surface area contributed by atoms with Crippen LogP contribution < -0.4 is 9.62 Å². The fourth-order valence-electron chi connectivity index (χ4n) is 4.30. The highest BCUT2D eigenvalue weighted by Gasteiger charge is 2.35. The second kappa shape index (κ2) is 8.19. The second-order valence-electron chi connectivity index (χ2n) is 8.71. The van der Waals surface area contributed by atoms with Gasteiger partial charge < -0.3 is 4.57 Å². The number of anilines is 1. The highest BCUT2D eigenvalue weighted by atomic mass is 32.2. The van der Waals surface area contributed by atoms with Crippen molar-refractivity contribution in [1.29, 1.82) is 0 Å². The van der Waals surface area contributed by atoms with Crippen LogP contribution in [0.4, 0.5) is 5.95 Å². The molecule has 8 nitrogen and oxygen atoms in total. The van der Waals surface area contributed by atoms with Crippen molar-refractivity contribution in [3.05, 3.63) is 47.5 Å². The van der Waals surface area contributed by atoms with Crippen molar-refractivity contribution in [3.8, 4) is 0 Å². The predicted octanol–water partition coefficient (Wildman–Crippen LogP) is 3.69. The van der Waals surface area contributed by atoms with E-state index in [-0.39, 0.29) is 16.7 Å². The van der Waals surface area contributed by atoms with Gasteiger partial charge in [0.25, 0.3) is 0 Å². The fraction of sp³-hybridized carbons (Fsp3) is 0.348. The summed E-state index contributed by atoms with van der Waals surface area (Å²) >= 11 is 1.44. The average molecular weight is 484 g/mol. The number of carbonyl (C=O) groups excluding carboxylic acids is 1. The molecular formula is C23H25N5O3S2. The third-order valence-corrected chi connectivity index (χ3v) is 8.17. The van der Waals surface area contributed by atoms with Crippen molar-refractivity contribution < 1.29 is 13.2 Å². The zero-order valence-corrected chi connectivity index (χ0v) is 20.3. The van der Waals surface area contributed by atoms with E-state index in [4.69, 9.17) is 0 Å². The van der Waals surface area contributed by atoms with Crippen LogP contribution in [-0.2, 0) is 21.4 Å². The molecule has 1 aliphatic heterocycles. The Kier molecular flexibility index (Phi) is 5.46. The van der Waals surface area contributed by atoms with Gasteiger partial charge in [-0.25, -0.2) is 18.4 Å². The van der Waals surface area contributed by atoms with Gasteiger partial charge in [0, 0.05) is 13.1 Å². The lowest BCUT2D eigenvalue weighted by atomic mass is 10.0. The number of hydrogen-bond donors (Lipinski definition) is 1. The summed E-state index contributed by atoms with van der Waals surface area (Å²) in [5.41, 5.74) is 2.55. The molecule has 0 aliphatic carbocycles. The number of amides is 1. The third-order valence-electron chi connectivity index (χ3n) is 5.77. The van der Waals surface area contributed by atoms with Gasteiger partial charge in [-0.05, 0) is 49.6 Å². The number of hydrogen-bond acceptors (Lipinski definition) is 6. The summed E-state index contributed by atoms with van der Waals surface area (Å²) in [4.78, 5) is 24.3. The SMILES string of the molecule is Cc1nc2ccc(S(=O)(=O)NC(CC(C)C)C(=O)N3CCn4c3nc3ccccc34)cc2s1. The Morgan fingerprint density at radius 2 is 1.91 bits per heavy atom. The van der Waals surface area contributed by atoms with Crippen molar-refractivity contribution >= 4 is 54.5 Å². The molecule has 5 rings (SSSR count). The zero-order chi connectivity index (χ0) is 23.3. The van der Waals surface area contributed by atoms with Gasteiger partial charge in [-0.2, -0.15) is 4.72 Å². The van der Waals surface area contributed by atoms with Crippen molar-refractivity contribution in [3.63, 3.8) is 0 Å². The van der Waals surface area contributed by atoms with E-state index < -0.39 is 16.1 Å². The molecule has 1 aliphatic rings. The van der Waals surface area contributed by atoms with Gasteiger partial charge in [-0.1, -0.05) is 26.0 Å². The summed E-state index contributed by atoms with van der Waals surface area (Å²) < 4.78 is 32.0. The lowest BCUT2D eigenvalue weighted by molar-refractivity contribution is -0.120. The minimum absolute atomic E-state index is 0.120. The third kappa shape index (κ3) is 4.03. The normalized spacial score (nSPS) is 15.0. The van der Waals surface area contributed by atoms with Crippen LogP contribution in [0.1, 0.15) is 25.3 Å². The van der Waals surface area contributed by atoms with Gasteiger partial charge >= 0.3 is 0 Å². The molecule has 1 unspecified atom stereocenters. The molecule has 2 aromatic heterocycles. The molecule has 0 spiro atoms. The van der Waals surface area contributed by atoms with E-state index in [0.717, 1.165) is 26.3 Å². The van der Waals surface area contributed by atoms with Crippen molar-refractivity contribution in [2.45, 2.75) is 44.7 Å². The molecule has 33 heavy (non-hydrogen) atoms. The Morgan fingerprint density at radius 1 is 1.12 bits per heavy atom. The summed E-state index contributed by atoms with van der Waals surface area (Å²) in [6, 6.07) is 11.7. The molecule has 1 amide bonds. The van der Waals surface area contributed by atoms with E-state index in [1.807, 2.05) is 49.6 Å². The highest BCUT2D eigenvalue weighted by Crippen LogP contribution is 2.29. The van der Waals surface area contributed by atoms with Crippen LogP contribution in [0.3, 0.4) is 0 Å². The number of nitrogens with one attached hydrogen (secondary N) is 1. The Hall–Kier alpha value is -2.82. The minimum Gasteiger partial charge on any atom is -0.308 e. The van der Waals surface area contributed by atoms with E-state index in [1.165, 1.54) is 17.4 Å².